The van der Waals surface area contributed by atoms with Crippen molar-refractivity contribution in [3.05, 3.63) is 35.4 Å². The van der Waals surface area contributed by atoms with Gasteiger partial charge in [0, 0.05) is 11.9 Å². The van der Waals surface area contributed by atoms with Crippen LogP contribution in [0.4, 0.5) is 8.78 Å². The van der Waals surface area contributed by atoms with Crippen LogP contribution in [-0.2, 0) is 0 Å². The van der Waals surface area contributed by atoms with Crippen LogP contribution in [0.2, 0.25) is 0 Å². The predicted octanol–water partition coefficient (Wildman–Crippen LogP) is 2.32. The highest BCUT2D eigenvalue weighted by atomic mass is 35.5. The zero-order valence-corrected chi connectivity index (χ0v) is 8.81. The molecule has 0 saturated heterocycles. The van der Waals surface area contributed by atoms with E-state index in [9.17, 15) is 13.6 Å². The first-order valence-electron chi connectivity index (χ1n) is 4.38. The van der Waals surface area contributed by atoms with Gasteiger partial charge >= 0.3 is 0 Å². The molecule has 82 valence electrons. The Balaban J connectivity index is 2.78. The van der Waals surface area contributed by atoms with E-state index in [2.05, 4.69) is 5.32 Å². The third-order valence-electron chi connectivity index (χ3n) is 1.74. The van der Waals surface area contributed by atoms with Gasteiger partial charge in [-0.05, 0) is 19.1 Å². The summed E-state index contributed by atoms with van der Waals surface area (Å²) in [5, 5.41) is 2.13. The number of carbonyl (C=O) groups is 1. The van der Waals surface area contributed by atoms with E-state index in [4.69, 9.17) is 11.6 Å². The van der Waals surface area contributed by atoms with Gasteiger partial charge in [0.25, 0.3) is 5.91 Å². The summed E-state index contributed by atoms with van der Waals surface area (Å²) in [6.45, 7) is 1.89. The molecule has 1 N–H and O–H groups in total. The van der Waals surface area contributed by atoms with E-state index in [0.717, 1.165) is 6.07 Å². The number of carbonyl (C=O) groups excluding carboxylic acids is 1. The molecule has 0 saturated carbocycles. The van der Waals surface area contributed by atoms with Crippen LogP contribution in [0.25, 0.3) is 0 Å². The van der Waals surface area contributed by atoms with Crippen LogP contribution in [0.15, 0.2) is 18.2 Å². The van der Waals surface area contributed by atoms with E-state index in [1.165, 1.54) is 12.1 Å². The van der Waals surface area contributed by atoms with Crippen molar-refractivity contribution >= 4 is 17.5 Å². The van der Waals surface area contributed by atoms with Crippen molar-refractivity contribution in [2.45, 2.75) is 12.3 Å². The molecule has 5 heteroatoms. The van der Waals surface area contributed by atoms with Crippen molar-refractivity contribution in [1.82, 2.24) is 5.32 Å². The van der Waals surface area contributed by atoms with Gasteiger partial charge in [0.05, 0.1) is 5.56 Å². The summed E-state index contributed by atoms with van der Waals surface area (Å²) in [5.74, 6) is -2.85. The Morgan fingerprint density at radius 2 is 2.20 bits per heavy atom. The Bertz CT molecular complexity index is 368. The molecule has 0 heterocycles. The molecule has 0 radical (unpaired) electrons. The minimum absolute atomic E-state index is 0.205. The van der Waals surface area contributed by atoms with E-state index >= 15 is 0 Å². The number of hydrogen-bond acceptors (Lipinski definition) is 1. The third kappa shape index (κ3) is 3.16. The molecule has 1 unspecified atom stereocenters. The van der Waals surface area contributed by atoms with Crippen LogP contribution in [0, 0.1) is 11.6 Å². The number of hydrogen-bond donors (Lipinski definition) is 1. The van der Waals surface area contributed by atoms with Crippen LogP contribution in [0.1, 0.15) is 17.3 Å². The second-order valence-corrected chi connectivity index (χ2v) is 3.84. The SMILES string of the molecule is CC(Cl)CNC(=O)c1cccc(F)c1F. The smallest absolute Gasteiger partial charge is 0.254 e. The van der Waals surface area contributed by atoms with Crippen molar-refractivity contribution in [2.24, 2.45) is 0 Å². The van der Waals surface area contributed by atoms with E-state index in [1.807, 2.05) is 0 Å². The first kappa shape index (κ1) is 11.9. The lowest BCUT2D eigenvalue weighted by molar-refractivity contribution is 0.0949. The molecule has 1 rings (SSSR count). The van der Waals surface area contributed by atoms with E-state index in [0.29, 0.717) is 0 Å². The van der Waals surface area contributed by atoms with Crippen molar-refractivity contribution in [3.63, 3.8) is 0 Å². The molecule has 0 aliphatic carbocycles. The highest BCUT2D eigenvalue weighted by Crippen LogP contribution is 2.11. The maximum Gasteiger partial charge on any atom is 0.254 e. The monoisotopic (exact) mass is 233 g/mol. The summed E-state index contributed by atoms with van der Waals surface area (Å²) in [7, 11) is 0. The molecule has 2 nitrogen and oxygen atoms in total. The molecular weight excluding hydrogens is 224 g/mol. The van der Waals surface area contributed by atoms with Crippen LogP contribution in [-0.4, -0.2) is 17.8 Å². The van der Waals surface area contributed by atoms with Gasteiger partial charge < -0.3 is 5.32 Å². The molecule has 0 bridgehead atoms. The Morgan fingerprint density at radius 1 is 1.53 bits per heavy atom. The van der Waals surface area contributed by atoms with Gasteiger partial charge in [0.15, 0.2) is 11.6 Å². The fraction of sp³-hybridized carbons (Fsp3) is 0.300. The Hall–Kier alpha value is -1.16. The van der Waals surface area contributed by atoms with Crippen LogP contribution < -0.4 is 5.32 Å². The maximum atomic E-state index is 13.1. The number of halogens is 3. The van der Waals surface area contributed by atoms with Crippen LogP contribution in [0.3, 0.4) is 0 Å². The lowest BCUT2D eigenvalue weighted by Crippen LogP contribution is -2.29. The van der Waals surface area contributed by atoms with E-state index in [1.54, 1.807) is 6.92 Å². The van der Waals surface area contributed by atoms with Crippen molar-refractivity contribution < 1.29 is 13.6 Å². The lowest BCUT2D eigenvalue weighted by atomic mass is 10.2. The molecule has 1 atom stereocenters. The number of amides is 1. The average Bonchev–Trinajstić information content (AvgIpc) is 2.18. The molecular formula is C10H10ClF2NO. The zero-order chi connectivity index (χ0) is 11.4. The quantitative estimate of drug-likeness (QED) is 0.798. The van der Waals surface area contributed by atoms with Gasteiger partial charge in [-0.15, -0.1) is 11.6 Å². The summed E-state index contributed by atoms with van der Waals surface area (Å²) in [6.07, 6.45) is 0. The van der Waals surface area contributed by atoms with Crippen molar-refractivity contribution in [2.75, 3.05) is 6.54 Å². The fourth-order valence-corrected chi connectivity index (χ4v) is 1.08. The summed E-state index contributed by atoms with van der Waals surface area (Å²) >= 11 is 5.60. The Morgan fingerprint density at radius 3 is 2.80 bits per heavy atom. The molecule has 0 fully saturated rings. The third-order valence-corrected chi connectivity index (χ3v) is 1.89. The first-order valence-corrected chi connectivity index (χ1v) is 4.82. The van der Waals surface area contributed by atoms with Gasteiger partial charge in [0.1, 0.15) is 0 Å². The van der Waals surface area contributed by atoms with Gasteiger partial charge in [-0.3, -0.25) is 4.79 Å². The number of nitrogens with one attached hydrogen (secondary N) is 1. The number of rotatable bonds is 3. The summed E-state index contributed by atoms with van der Waals surface area (Å²) in [5.41, 5.74) is -0.313. The predicted molar refractivity (Wildman–Crippen MR) is 54.0 cm³/mol. The zero-order valence-electron chi connectivity index (χ0n) is 8.06. The first-order chi connectivity index (χ1) is 7.02. The van der Waals surface area contributed by atoms with Gasteiger partial charge in [-0.2, -0.15) is 0 Å². The Labute approximate surface area is 91.2 Å². The van der Waals surface area contributed by atoms with Gasteiger partial charge in [0.2, 0.25) is 0 Å². The number of alkyl halides is 1. The van der Waals surface area contributed by atoms with Crippen LogP contribution >= 0.6 is 11.6 Å². The maximum absolute atomic E-state index is 13.1. The van der Waals surface area contributed by atoms with Crippen molar-refractivity contribution in [1.29, 1.82) is 0 Å². The molecule has 0 aromatic heterocycles. The minimum Gasteiger partial charge on any atom is -0.350 e. The molecule has 1 aromatic rings. The second kappa shape index (κ2) is 5.07. The molecule has 1 aromatic carbocycles. The summed E-state index contributed by atoms with van der Waals surface area (Å²) in [6, 6.07) is 3.44. The Kier molecular flexibility index (Phi) is 4.03. The molecule has 1 amide bonds. The molecule has 0 aliphatic rings. The topological polar surface area (TPSA) is 29.1 Å². The molecule has 0 aliphatic heterocycles. The summed E-state index contributed by atoms with van der Waals surface area (Å²) < 4.78 is 25.9. The standard InChI is InChI=1S/C10H10ClF2NO/c1-6(11)5-14-10(15)7-3-2-4-8(12)9(7)13/h2-4,6H,5H2,1H3,(H,14,15). The second-order valence-electron chi connectivity index (χ2n) is 3.09. The molecule has 15 heavy (non-hydrogen) atoms. The van der Waals surface area contributed by atoms with Crippen LogP contribution in [0.5, 0.6) is 0 Å². The van der Waals surface area contributed by atoms with E-state index in [-0.39, 0.29) is 17.5 Å². The molecule has 0 spiro atoms. The highest BCUT2D eigenvalue weighted by Gasteiger charge is 2.14. The minimum atomic E-state index is -1.14. The van der Waals surface area contributed by atoms with E-state index < -0.39 is 17.5 Å². The largest absolute Gasteiger partial charge is 0.350 e. The highest BCUT2D eigenvalue weighted by molar-refractivity contribution is 6.20. The van der Waals surface area contributed by atoms with Gasteiger partial charge in [-0.25, -0.2) is 8.78 Å². The number of benzene rings is 1. The lowest BCUT2D eigenvalue weighted by Gasteiger charge is -2.07. The average molecular weight is 234 g/mol. The summed E-state index contributed by atoms with van der Waals surface area (Å²) in [4.78, 5) is 11.3. The fourth-order valence-electron chi connectivity index (χ4n) is 1.01. The van der Waals surface area contributed by atoms with Crippen molar-refractivity contribution in [3.8, 4) is 0 Å². The van der Waals surface area contributed by atoms with Gasteiger partial charge in [-0.1, -0.05) is 6.07 Å². The normalized spacial score (nSPS) is 12.3.